The Morgan fingerprint density at radius 1 is 1.00 bits per heavy atom. The fourth-order valence-corrected chi connectivity index (χ4v) is 4.24. The van der Waals surface area contributed by atoms with Crippen LogP contribution in [-0.4, -0.2) is 20.4 Å². The zero-order valence-corrected chi connectivity index (χ0v) is 16.8. The summed E-state index contributed by atoms with van der Waals surface area (Å²) in [4.78, 5) is 12.5. The predicted molar refractivity (Wildman–Crippen MR) is 107 cm³/mol. The summed E-state index contributed by atoms with van der Waals surface area (Å²) in [6.45, 7) is 0. The normalized spacial score (nSPS) is 14.4. The molecule has 162 valence electrons. The lowest BCUT2D eigenvalue weighted by molar-refractivity contribution is -0.137. The van der Waals surface area contributed by atoms with Gasteiger partial charge in [-0.1, -0.05) is 18.2 Å². The van der Waals surface area contributed by atoms with Crippen LogP contribution in [-0.2, 0) is 16.2 Å². The smallest absolute Gasteiger partial charge is 0.416 e. The first-order valence-corrected chi connectivity index (χ1v) is 10.8. The van der Waals surface area contributed by atoms with Gasteiger partial charge in [-0.15, -0.1) is 0 Å². The second-order valence-electron chi connectivity index (χ2n) is 7.12. The average Bonchev–Trinajstić information content (AvgIpc) is 3.37. The molecule has 10 heteroatoms. The van der Waals surface area contributed by atoms with Crippen molar-refractivity contribution in [2.45, 2.75) is 30.0 Å². The van der Waals surface area contributed by atoms with Crippen molar-refractivity contribution in [1.82, 2.24) is 4.72 Å². The Morgan fingerprint density at radius 3 is 2.45 bits per heavy atom. The Hall–Kier alpha value is -3.11. The van der Waals surface area contributed by atoms with E-state index in [1.54, 1.807) is 0 Å². The van der Waals surface area contributed by atoms with Crippen molar-refractivity contribution >= 4 is 21.6 Å². The van der Waals surface area contributed by atoms with Gasteiger partial charge >= 0.3 is 6.18 Å². The maximum atomic E-state index is 12.9. The van der Waals surface area contributed by atoms with Gasteiger partial charge < -0.3 is 9.73 Å². The summed E-state index contributed by atoms with van der Waals surface area (Å²) >= 11 is 0. The average molecular weight is 450 g/mol. The summed E-state index contributed by atoms with van der Waals surface area (Å²) in [7, 11) is -3.68. The van der Waals surface area contributed by atoms with Gasteiger partial charge in [0.1, 0.15) is 5.76 Å². The molecule has 1 amide bonds. The fourth-order valence-electron chi connectivity index (χ4n) is 2.89. The van der Waals surface area contributed by atoms with Crippen molar-refractivity contribution in [2.24, 2.45) is 0 Å². The zero-order chi connectivity index (χ0) is 22.2. The molecule has 2 N–H and O–H groups in total. The minimum absolute atomic E-state index is 0.0151. The summed E-state index contributed by atoms with van der Waals surface area (Å²) in [5.41, 5.74) is -0.418. The van der Waals surface area contributed by atoms with Crippen LogP contribution in [0.2, 0.25) is 0 Å². The number of nitrogens with one attached hydrogen (secondary N) is 2. The third-order valence-electron chi connectivity index (χ3n) is 4.61. The lowest BCUT2D eigenvalue weighted by Gasteiger charge is -2.08. The Bertz CT molecular complexity index is 1230. The molecule has 2 aromatic carbocycles. The molecule has 1 aromatic heterocycles. The van der Waals surface area contributed by atoms with Gasteiger partial charge in [0.2, 0.25) is 10.0 Å². The van der Waals surface area contributed by atoms with Crippen molar-refractivity contribution in [2.75, 3.05) is 5.32 Å². The minimum atomic E-state index is -4.50. The summed E-state index contributed by atoms with van der Waals surface area (Å²) in [5, 5.41) is 2.54. The maximum Gasteiger partial charge on any atom is 0.416 e. The molecular weight excluding hydrogens is 433 g/mol. The Labute approximate surface area is 176 Å². The molecule has 6 nitrogen and oxygen atoms in total. The molecule has 4 rings (SSSR count). The van der Waals surface area contributed by atoms with Gasteiger partial charge in [0.05, 0.1) is 10.5 Å². The molecule has 0 unspecified atom stereocenters. The molecule has 0 atom stereocenters. The highest BCUT2D eigenvalue weighted by Crippen LogP contribution is 2.32. The van der Waals surface area contributed by atoms with Crippen LogP contribution in [0.15, 0.2) is 70.0 Å². The third-order valence-corrected chi connectivity index (χ3v) is 6.12. The number of carbonyl (C=O) groups excluding carboxylic acids is 1. The number of hydrogen-bond donors (Lipinski definition) is 2. The highest BCUT2D eigenvalue weighted by Gasteiger charge is 2.31. The molecule has 0 aliphatic heterocycles. The van der Waals surface area contributed by atoms with E-state index in [0.717, 1.165) is 25.0 Å². The lowest BCUT2D eigenvalue weighted by atomic mass is 10.1. The second-order valence-corrected chi connectivity index (χ2v) is 8.83. The largest absolute Gasteiger partial charge is 0.451 e. The molecule has 0 bridgehead atoms. The number of furan rings is 1. The van der Waals surface area contributed by atoms with Crippen LogP contribution in [0.1, 0.15) is 29.0 Å². The highest BCUT2D eigenvalue weighted by atomic mass is 32.2. The molecule has 3 aromatic rings. The van der Waals surface area contributed by atoms with Gasteiger partial charge in [-0.25, -0.2) is 13.1 Å². The van der Waals surface area contributed by atoms with Crippen molar-refractivity contribution in [3.05, 3.63) is 72.0 Å². The van der Waals surface area contributed by atoms with E-state index in [4.69, 9.17) is 4.42 Å². The number of halogens is 3. The van der Waals surface area contributed by atoms with E-state index in [-0.39, 0.29) is 33.7 Å². The van der Waals surface area contributed by atoms with Crippen LogP contribution in [0.5, 0.6) is 0 Å². The molecule has 1 aliphatic rings. The number of benzene rings is 2. The molecule has 1 fully saturated rings. The van der Waals surface area contributed by atoms with Gasteiger partial charge in [-0.2, -0.15) is 13.2 Å². The van der Waals surface area contributed by atoms with Crippen LogP contribution in [0.3, 0.4) is 0 Å². The van der Waals surface area contributed by atoms with Gasteiger partial charge in [0.25, 0.3) is 5.91 Å². The van der Waals surface area contributed by atoms with E-state index < -0.39 is 27.7 Å². The molecule has 1 saturated carbocycles. The first-order chi connectivity index (χ1) is 14.6. The van der Waals surface area contributed by atoms with E-state index >= 15 is 0 Å². The predicted octanol–water partition coefficient (Wildman–Crippen LogP) is 4.66. The van der Waals surface area contributed by atoms with Gasteiger partial charge in [-0.3, -0.25) is 4.79 Å². The summed E-state index contributed by atoms with van der Waals surface area (Å²) in [6, 6.07) is 13.0. The molecule has 1 heterocycles. The van der Waals surface area contributed by atoms with E-state index in [1.165, 1.54) is 48.5 Å². The van der Waals surface area contributed by atoms with E-state index in [1.807, 2.05) is 0 Å². The standard InChI is InChI=1S/C21H17F3N2O4S/c22-21(23,24)14-4-1-3-13(11-14)18-9-10-19(30-18)20(27)25-16-5-2-6-17(12-16)31(28,29)26-15-7-8-15/h1-6,9-12,15,26H,7-8H2,(H,25,27). The third kappa shape index (κ3) is 4.97. The number of alkyl halides is 3. The fraction of sp³-hybridized carbons (Fsp3) is 0.190. The maximum absolute atomic E-state index is 12.9. The van der Waals surface area contributed by atoms with E-state index in [9.17, 15) is 26.4 Å². The Kier molecular flexibility index (Phi) is 5.36. The van der Waals surface area contributed by atoms with Gasteiger partial charge in [-0.05, 0) is 55.3 Å². The van der Waals surface area contributed by atoms with Crippen molar-refractivity contribution in [1.29, 1.82) is 0 Å². The van der Waals surface area contributed by atoms with Crippen LogP contribution in [0.4, 0.5) is 18.9 Å². The van der Waals surface area contributed by atoms with Gasteiger partial charge in [0.15, 0.2) is 5.76 Å². The number of carbonyl (C=O) groups is 1. The molecule has 1 aliphatic carbocycles. The second kappa shape index (κ2) is 7.86. The summed E-state index contributed by atoms with van der Waals surface area (Å²) < 4.78 is 71.4. The quantitative estimate of drug-likeness (QED) is 0.572. The molecule has 0 saturated heterocycles. The van der Waals surface area contributed by atoms with Crippen molar-refractivity contribution in [3.8, 4) is 11.3 Å². The lowest BCUT2D eigenvalue weighted by Crippen LogP contribution is -2.25. The molecule has 0 spiro atoms. The monoisotopic (exact) mass is 450 g/mol. The highest BCUT2D eigenvalue weighted by molar-refractivity contribution is 7.89. The Morgan fingerprint density at radius 2 is 1.74 bits per heavy atom. The van der Waals surface area contributed by atoms with Gasteiger partial charge in [0, 0.05) is 17.3 Å². The number of hydrogen-bond acceptors (Lipinski definition) is 4. The first kappa shape index (κ1) is 21.1. The molecular formula is C21H17F3N2O4S. The number of rotatable bonds is 6. The van der Waals surface area contributed by atoms with Crippen LogP contribution in [0.25, 0.3) is 11.3 Å². The Balaban J connectivity index is 1.51. The summed E-state index contributed by atoms with van der Waals surface area (Å²) in [6.07, 6.45) is -2.91. The molecule has 0 radical (unpaired) electrons. The van der Waals surface area contributed by atoms with Crippen LogP contribution in [0, 0.1) is 0 Å². The van der Waals surface area contributed by atoms with E-state index in [2.05, 4.69) is 10.0 Å². The number of amides is 1. The number of anilines is 1. The summed E-state index contributed by atoms with van der Waals surface area (Å²) in [5.74, 6) is -0.694. The van der Waals surface area contributed by atoms with Crippen molar-refractivity contribution < 1.29 is 30.8 Å². The topological polar surface area (TPSA) is 88.4 Å². The zero-order valence-electron chi connectivity index (χ0n) is 15.9. The number of sulfonamides is 1. The van der Waals surface area contributed by atoms with E-state index in [0.29, 0.717) is 0 Å². The van der Waals surface area contributed by atoms with Crippen molar-refractivity contribution in [3.63, 3.8) is 0 Å². The first-order valence-electron chi connectivity index (χ1n) is 9.33. The SMILES string of the molecule is O=C(Nc1cccc(S(=O)(=O)NC2CC2)c1)c1ccc(-c2cccc(C(F)(F)F)c2)o1. The van der Waals surface area contributed by atoms with Crippen LogP contribution >= 0.6 is 0 Å². The van der Waals surface area contributed by atoms with Crippen LogP contribution < -0.4 is 10.0 Å². The minimum Gasteiger partial charge on any atom is -0.451 e. The molecule has 31 heavy (non-hydrogen) atoms.